The first kappa shape index (κ1) is 18.8. The van der Waals surface area contributed by atoms with Crippen molar-refractivity contribution in [1.29, 1.82) is 0 Å². The number of benzene rings is 2. The molecule has 1 heterocycles. The van der Waals surface area contributed by atoms with E-state index in [9.17, 15) is 12.8 Å². The molecule has 0 aromatic heterocycles. The zero-order valence-corrected chi connectivity index (χ0v) is 15.9. The summed E-state index contributed by atoms with van der Waals surface area (Å²) in [4.78, 5) is 0.287. The summed E-state index contributed by atoms with van der Waals surface area (Å²) in [6.07, 6.45) is 0. The van der Waals surface area contributed by atoms with Crippen LogP contribution >= 0.6 is 0 Å². The van der Waals surface area contributed by atoms with Crippen molar-refractivity contribution in [2.75, 3.05) is 33.4 Å². The fourth-order valence-electron chi connectivity index (χ4n) is 3.14. The minimum absolute atomic E-state index is 0.176. The van der Waals surface area contributed by atoms with Crippen molar-refractivity contribution in [3.05, 3.63) is 47.3 Å². The molecule has 0 radical (unpaired) electrons. The number of methoxy groups -OCH3 is 1. The number of ether oxygens (including phenoxy) is 2. The van der Waals surface area contributed by atoms with Crippen LogP contribution < -0.4 is 4.74 Å². The van der Waals surface area contributed by atoms with Crippen molar-refractivity contribution in [2.45, 2.75) is 18.7 Å². The van der Waals surface area contributed by atoms with Gasteiger partial charge < -0.3 is 9.47 Å². The van der Waals surface area contributed by atoms with Gasteiger partial charge >= 0.3 is 0 Å². The summed E-state index contributed by atoms with van der Waals surface area (Å²) >= 11 is 0. The van der Waals surface area contributed by atoms with E-state index in [0.29, 0.717) is 37.4 Å². The third kappa shape index (κ3) is 3.47. The first-order valence-corrected chi connectivity index (χ1v) is 9.81. The van der Waals surface area contributed by atoms with Gasteiger partial charge in [-0.25, -0.2) is 12.8 Å². The third-order valence-electron chi connectivity index (χ3n) is 4.57. The number of aryl methyl sites for hydroxylation is 2. The van der Waals surface area contributed by atoms with Crippen LogP contribution in [0.4, 0.5) is 4.39 Å². The Morgan fingerprint density at radius 3 is 2.38 bits per heavy atom. The van der Waals surface area contributed by atoms with E-state index >= 15 is 0 Å². The number of rotatable bonds is 4. The lowest BCUT2D eigenvalue weighted by Gasteiger charge is -2.27. The Balaban J connectivity index is 2.02. The predicted molar refractivity (Wildman–Crippen MR) is 97.4 cm³/mol. The molecule has 0 amide bonds. The van der Waals surface area contributed by atoms with Crippen LogP contribution in [0.15, 0.2) is 35.2 Å². The smallest absolute Gasteiger partial charge is 0.243 e. The Hall–Kier alpha value is -1.96. The van der Waals surface area contributed by atoms with Crippen molar-refractivity contribution in [3.8, 4) is 16.9 Å². The molecule has 2 aromatic rings. The Kier molecular flexibility index (Phi) is 5.32. The molecule has 1 aliphatic rings. The second-order valence-corrected chi connectivity index (χ2v) is 8.20. The number of hydrogen-bond donors (Lipinski definition) is 0. The third-order valence-corrected chi connectivity index (χ3v) is 6.61. The van der Waals surface area contributed by atoms with Crippen molar-refractivity contribution in [3.63, 3.8) is 0 Å². The minimum Gasteiger partial charge on any atom is -0.494 e. The molecule has 5 nitrogen and oxygen atoms in total. The van der Waals surface area contributed by atoms with Gasteiger partial charge in [0.05, 0.1) is 25.2 Å². The van der Waals surface area contributed by atoms with Gasteiger partial charge in [0.15, 0.2) is 11.6 Å². The highest BCUT2D eigenvalue weighted by atomic mass is 32.2. The monoisotopic (exact) mass is 379 g/mol. The zero-order chi connectivity index (χ0) is 18.9. The van der Waals surface area contributed by atoms with E-state index in [2.05, 4.69) is 0 Å². The predicted octanol–water partition coefficient (Wildman–Crippen LogP) is 3.14. The van der Waals surface area contributed by atoms with E-state index in [-0.39, 0.29) is 10.6 Å². The molecular weight excluding hydrogens is 357 g/mol. The fourth-order valence-corrected chi connectivity index (χ4v) is 4.84. The highest BCUT2D eigenvalue weighted by molar-refractivity contribution is 7.89. The Morgan fingerprint density at radius 2 is 1.77 bits per heavy atom. The average molecular weight is 379 g/mol. The molecule has 0 bridgehead atoms. The van der Waals surface area contributed by atoms with E-state index in [1.165, 1.54) is 17.5 Å². The Labute approximate surface area is 153 Å². The van der Waals surface area contributed by atoms with Gasteiger partial charge in [-0.2, -0.15) is 4.31 Å². The summed E-state index contributed by atoms with van der Waals surface area (Å²) < 4.78 is 51.6. The largest absolute Gasteiger partial charge is 0.494 e. The molecule has 1 saturated heterocycles. The summed E-state index contributed by atoms with van der Waals surface area (Å²) in [5.41, 5.74) is 2.88. The van der Waals surface area contributed by atoms with Gasteiger partial charge in [0, 0.05) is 13.1 Å². The molecule has 0 saturated carbocycles. The topological polar surface area (TPSA) is 55.8 Å². The summed E-state index contributed by atoms with van der Waals surface area (Å²) in [5.74, 6) is -0.276. The zero-order valence-electron chi connectivity index (χ0n) is 15.1. The minimum atomic E-state index is -3.57. The first-order chi connectivity index (χ1) is 12.3. The summed E-state index contributed by atoms with van der Waals surface area (Å²) in [7, 11) is -2.16. The molecule has 3 rings (SSSR count). The standard InChI is InChI=1S/C19H22FNO4S/c1-13-11-19(26(22,23)21-6-8-25-9-7-21)14(2)10-16(13)15-4-5-18(24-3)17(20)12-15/h4-5,10-12H,6-9H2,1-3H3. The lowest BCUT2D eigenvalue weighted by Crippen LogP contribution is -2.40. The molecule has 0 spiro atoms. The number of sulfonamides is 1. The second-order valence-electron chi connectivity index (χ2n) is 6.30. The van der Waals surface area contributed by atoms with E-state index in [1.54, 1.807) is 31.2 Å². The normalized spacial score (nSPS) is 15.8. The number of morpholine rings is 1. The highest BCUT2D eigenvalue weighted by Crippen LogP contribution is 2.32. The van der Waals surface area contributed by atoms with Crippen molar-refractivity contribution < 1.29 is 22.3 Å². The summed E-state index contributed by atoms with van der Waals surface area (Å²) in [6.45, 7) is 5.10. The number of halogens is 1. The molecule has 1 aliphatic heterocycles. The quantitative estimate of drug-likeness (QED) is 0.819. The van der Waals surface area contributed by atoms with Gasteiger partial charge in [-0.15, -0.1) is 0 Å². The van der Waals surface area contributed by atoms with E-state index in [4.69, 9.17) is 9.47 Å². The molecule has 0 unspecified atom stereocenters. The molecule has 140 valence electrons. The van der Waals surface area contributed by atoms with E-state index < -0.39 is 15.8 Å². The van der Waals surface area contributed by atoms with Crippen LogP contribution in [0.25, 0.3) is 11.1 Å². The molecule has 26 heavy (non-hydrogen) atoms. The molecule has 0 atom stereocenters. The molecule has 1 fully saturated rings. The van der Waals surface area contributed by atoms with Crippen molar-refractivity contribution in [2.24, 2.45) is 0 Å². The fraction of sp³-hybridized carbons (Fsp3) is 0.368. The lowest BCUT2D eigenvalue weighted by molar-refractivity contribution is 0.0730. The van der Waals surface area contributed by atoms with Gasteiger partial charge in [-0.3, -0.25) is 0 Å². The molecular formula is C19H22FNO4S. The van der Waals surface area contributed by atoms with Gasteiger partial charge in [0.2, 0.25) is 10.0 Å². The first-order valence-electron chi connectivity index (χ1n) is 8.37. The van der Waals surface area contributed by atoms with Crippen LogP contribution in [0, 0.1) is 19.7 Å². The lowest BCUT2D eigenvalue weighted by atomic mass is 9.98. The second kappa shape index (κ2) is 7.34. The Morgan fingerprint density at radius 1 is 1.08 bits per heavy atom. The van der Waals surface area contributed by atoms with Gasteiger partial charge in [-0.1, -0.05) is 6.07 Å². The van der Waals surface area contributed by atoms with Crippen LogP contribution in [-0.4, -0.2) is 46.1 Å². The van der Waals surface area contributed by atoms with Crippen LogP contribution in [0.5, 0.6) is 5.75 Å². The van der Waals surface area contributed by atoms with Crippen molar-refractivity contribution in [1.82, 2.24) is 4.31 Å². The van der Waals surface area contributed by atoms with Gasteiger partial charge in [0.25, 0.3) is 0 Å². The van der Waals surface area contributed by atoms with Crippen LogP contribution in [0.3, 0.4) is 0 Å². The molecule has 0 aliphatic carbocycles. The maximum Gasteiger partial charge on any atom is 0.243 e. The SMILES string of the molecule is COc1ccc(-c2cc(C)c(S(=O)(=O)N3CCOCC3)cc2C)cc1F. The van der Waals surface area contributed by atoms with Crippen molar-refractivity contribution >= 4 is 10.0 Å². The number of hydrogen-bond acceptors (Lipinski definition) is 4. The maximum absolute atomic E-state index is 14.0. The van der Waals surface area contributed by atoms with Crippen LogP contribution in [-0.2, 0) is 14.8 Å². The van der Waals surface area contributed by atoms with Gasteiger partial charge in [0.1, 0.15) is 0 Å². The molecule has 7 heteroatoms. The molecule has 2 aromatic carbocycles. The van der Waals surface area contributed by atoms with E-state index in [1.807, 2.05) is 6.92 Å². The average Bonchev–Trinajstić information content (AvgIpc) is 2.64. The van der Waals surface area contributed by atoms with Gasteiger partial charge in [-0.05, 0) is 60.4 Å². The van der Waals surface area contributed by atoms with Crippen LogP contribution in [0.1, 0.15) is 11.1 Å². The summed E-state index contributed by atoms with van der Waals surface area (Å²) in [5, 5.41) is 0. The Bertz CT molecular complexity index is 921. The van der Waals surface area contributed by atoms with Crippen LogP contribution in [0.2, 0.25) is 0 Å². The van der Waals surface area contributed by atoms with E-state index in [0.717, 1.165) is 11.1 Å². The highest BCUT2D eigenvalue weighted by Gasteiger charge is 2.28. The maximum atomic E-state index is 14.0. The summed E-state index contributed by atoms with van der Waals surface area (Å²) in [6, 6.07) is 8.19. The molecule has 0 N–H and O–H groups in total. The number of nitrogens with zero attached hydrogens (tertiary/aromatic N) is 1.